The van der Waals surface area contributed by atoms with Crippen LogP contribution in [-0.4, -0.2) is 100 Å². The van der Waals surface area contributed by atoms with Crippen LogP contribution in [0.2, 0.25) is 0 Å². The van der Waals surface area contributed by atoms with Crippen LogP contribution in [0.5, 0.6) is 0 Å². The molecule has 1 aromatic rings. The van der Waals surface area contributed by atoms with Crippen LogP contribution in [0.4, 0.5) is 10.1 Å². The Labute approximate surface area is 366 Å². The molecule has 0 bridgehead atoms. The van der Waals surface area contributed by atoms with Gasteiger partial charge in [-0.2, -0.15) is 0 Å². The average molecular weight is 884 g/mol. The lowest BCUT2D eigenvalue weighted by Crippen LogP contribution is -2.59. The van der Waals surface area contributed by atoms with E-state index in [1.807, 2.05) is 0 Å². The Kier molecular flexibility index (Phi) is 18.0. The van der Waals surface area contributed by atoms with E-state index in [1.54, 1.807) is 20.8 Å². The van der Waals surface area contributed by atoms with Crippen molar-refractivity contribution in [1.29, 1.82) is 0 Å². The van der Waals surface area contributed by atoms with Gasteiger partial charge in [-0.15, -0.1) is 0 Å². The molecule has 63 heavy (non-hydrogen) atoms. The summed E-state index contributed by atoms with van der Waals surface area (Å²) in [7, 11) is 1.17. The number of nitrogens with one attached hydrogen (secondary N) is 2. The zero-order chi connectivity index (χ0) is 46.6. The minimum atomic E-state index is -1.62. The van der Waals surface area contributed by atoms with Crippen LogP contribution in [0, 0.1) is 39.2 Å². The van der Waals surface area contributed by atoms with E-state index in [4.69, 9.17) is 5.73 Å². The predicted octanol–water partition coefficient (Wildman–Crippen LogP) is 5.17. The third kappa shape index (κ3) is 13.7. The first kappa shape index (κ1) is 50.1. The molecule has 0 unspecified atom stereocenters. The Bertz CT molecular complexity index is 1920. The lowest BCUT2D eigenvalue weighted by atomic mass is 9.75. The molecule has 1 saturated heterocycles. The Morgan fingerprint density at radius 2 is 1.57 bits per heavy atom. The van der Waals surface area contributed by atoms with Crippen LogP contribution in [0.1, 0.15) is 138 Å². The van der Waals surface area contributed by atoms with E-state index >= 15 is 4.39 Å². The number of Topliss-reactive ketones (excluding diaryl/α,β-unsaturated/α-hetero) is 2. The molecule has 1 heterocycles. The number of benzene rings is 1. The number of amides is 4. The summed E-state index contributed by atoms with van der Waals surface area (Å²) in [5.74, 6) is -8.56. The number of non-ortho nitro benzene ring substituents is 1. The Hall–Kier alpha value is -5.55. The lowest BCUT2D eigenvalue weighted by molar-refractivity contribution is -0.384. The van der Waals surface area contributed by atoms with Gasteiger partial charge in [-0.05, 0) is 61.8 Å². The van der Waals surface area contributed by atoms with Crippen molar-refractivity contribution < 1.29 is 57.5 Å². The van der Waals surface area contributed by atoms with Gasteiger partial charge in [0.15, 0.2) is 11.6 Å². The van der Waals surface area contributed by atoms with E-state index in [0.29, 0.717) is 12.8 Å². The summed E-state index contributed by atoms with van der Waals surface area (Å²) in [6, 6.07) is -1.03. The molecular weight excluding hydrogens is 822 g/mol. The van der Waals surface area contributed by atoms with Gasteiger partial charge in [-0.1, -0.05) is 65.4 Å². The summed E-state index contributed by atoms with van der Waals surface area (Å²) < 4.78 is 20.0. The maximum atomic E-state index is 15.4. The predicted molar refractivity (Wildman–Crippen MR) is 227 cm³/mol. The number of methoxy groups -OCH3 is 1. The number of ether oxygens (including phenoxy) is 1. The summed E-state index contributed by atoms with van der Waals surface area (Å²) in [5, 5.41) is 26.7. The molecule has 0 radical (unpaired) electrons. The molecular formula is C45H62FN5O12. The number of esters is 1. The van der Waals surface area contributed by atoms with Gasteiger partial charge in [0, 0.05) is 54.9 Å². The lowest BCUT2D eigenvalue weighted by Gasteiger charge is -2.37. The molecule has 2 aliphatic carbocycles. The molecule has 4 amide bonds. The highest BCUT2D eigenvalue weighted by Crippen LogP contribution is 2.35. The number of carbonyl (C=O) groups excluding carboxylic acids is 7. The quantitative estimate of drug-likeness (QED) is 0.0435. The fraction of sp³-hybridized carbons (Fsp3) is 0.644. The van der Waals surface area contributed by atoms with Gasteiger partial charge in [0.05, 0.1) is 30.2 Å². The number of halogens is 1. The second-order valence-corrected chi connectivity index (χ2v) is 18.2. The number of rotatable bonds is 20. The van der Waals surface area contributed by atoms with Gasteiger partial charge in [-0.25, -0.2) is 14.0 Å². The van der Waals surface area contributed by atoms with E-state index in [1.165, 1.54) is 13.2 Å². The molecule has 3 aliphatic rings. The smallest absolute Gasteiger partial charge is 0.336 e. The Morgan fingerprint density at radius 1 is 0.952 bits per heavy atom. The SMILES string of the molecule is COC(=O)/C=C/CC[C@H](CC(=O)c1ccc([N+](=O)[O-])cc1C(=O)O)C(=O)N[C@H](C(=O)N1C[C@@H](F)C[C@H]1C(=O)N[C@H](C(=O)C[C@H](C(N)=O)C1CCCCC1)C1CCCCC1)C(C)(C)C. The number of nitro groups is 1. The number of primary amides is 1. The Balaban J connectivity index is 1.59. The minimum Gasteiger partial charge on any atom is -0.478 e. The zero-order valence-corrected chi connectivity index (χ0v) is 36.6. The number of carbonyl (C=O) groups is 8. The Morgan fingerprint density at radius 3 is 2.13 bits per heavy atom. The van der Waals surface area contributed by atoms with Gasteiger partial charge in [0.1, 0.15) is 18.3 Å². The molecule has 1 aliphatic heterocycles. The fourth-order valence-corrected chi connectivity index (χ4v) is 9.18. The van der Waals surface area contributed by atoms with Gasteiger partial charge < -0.3 is 31.1 Å². The van der Waals surface area contributed by atoms with Crippen LogP contribution in [0.3, 0.4) is 0 Å². The number of aromatic carboxylic acids is 1. The number of carboxylic acids is 1. The van der Waals surface area contributed by atoms with Crippen molar-refractivity contribution in [3.63, 3.8) is 0 Å². The minimum absolute atomic E-state index is 0.0405. The number of alkyl halides is 1. The first-order chi connectivity index (χ1) is 29.7. The van der Waals surface area contributed by atoms with Crippen molar-refractivity contribution in [2.24, 2.45) is 34.8 Å². The number of nitro benzene ring substituents is 1. The molecule has 0 aromatic heterocycles. The largest absolute Gasteiger partial charge is 0.478 e. The van der Waals surface area contributed by atoms with Crippen LogP contribution >= 0.6 is 0 Å². The topological polar surface area (TPSA) is 262 Å². The number of hydrogen-bond acceptors (Lipinski definition) is 11. The summed E-state index contributed by atoms with van der Waals surface area (Å²) in [4.78, 5) is 119. The molecule has 18 heteroatoms. The monoisotopic (exact) mass is 883 g/mol. The molecule has 17 nitrogen and oxygen atoms in total. The molecule has 5 N–H and O–H groups in total. The number of nitrogens with zero attached hydrogens (tertiary/aromatic N) is 2. The second-order valence-electron chi connectivity index (χ2n) is 18.2. The molecule has 4 rings (SSSR count). The fourth-order valence-electron chi connectivity index (χ4n) is 9.18. The van der Waals surface area contributed by atoms with Gasteiger partial charge >= 0.3 is 11.9 Å². The second kappa shape index (κ2) is 22.7. The van der Waals surface area contributed by atoms with Gasteiger partial charge in [0.2, 0.25) is 23.6 Å². The average Bonchev–Trinajstić information content (AvgIpc) is 3.65. The standard InChI is InChI=1S/C45H62FN5O12/c1-45(2,3)39(49-41(56)28(17-11-12-18-37(54)63-4)21-35(52)31-20-19-30(51(61)62)23-33(31)44(59)60)43(58)50-25-29(46)22-34(50)42(57)48-38(27-15-9-6-10-16-27)36(53)24-32(40(47)55)26-13-7-5-8-14-26/h12,18-20,23,26-29,32,34,38-39H,5-11,13-17,21-22,24-25H2,1-4H3,(H2,47,55)(H,48,57)(H,49,56)(H,59,60)/b18-12+/t28-,29+,32+,34+,38+,39-/m1/s1. The molecule has 1 aromatic carbocycles. The third-order valence-corrected chi connectivity index (χ3v) is 12.7. The summed E-state index contributed by atoms with van der Waals surface area (Å²) in [6.45, 7) is 4.44. The molecule has 0 spiro atoms. The number of likely N-dealkylation sites (tertiary alicyclic amines) is 1. The van der Waals surface area contributed by atoms with E-state index in [9.17, 15) is 53.6 Å². The van der Waals surface area contributed by atoms with Crippen molar-refractivity contribution >= 4 is 52.8 Å². The first-order valence-electron chi connectivity index (χ1n) is 21.9. The number of hydrogen-bond donors (Lipinski definition) is 4. The number of carboxylic acid groups (broad SMARTS) is 1. The van der Waals surface area contributed by atoms with E-state index in [0.717, 1.165) is 80.5 Å². The van der Waals surface area contributed by atoms with E-state index < -0.39 is 112 Å². The third-order valence-electron chi connectivity index (χ3n) is 12.7. The summed E-state index contributed by atoms with van der Waals surface area (Å²) >= 11 is 0. The highest BCUT2D eigenvalue weighted by molar-refractivity contribution is 6.07. The van der Waals surface area contributed by atoms with E-state index in [2.05, 4.69) is 15.4 Å². The van der Waals surface area contributed by atoms with Crippen LogP contribution in [0.15, 0.2) is 30.4 Å². The molecule has 2 saturated carbocycles. The highest BCUT2D eigenvalue weighted by atomic mass is 19.1. The molecule has 6 atom stereocenters. The highest BCUT2D eigenvalue weighted by Gasteiger charge is 2.47. The zero-order valence-electron chi connectivity index (χ0n) is 36.6. The van der Waals surface area contributed by atoms with Gasteiger partial charge in [0.25, 0.3) is 5.69 Å². The molecule has 346 valence electrons. The number of nitrogens with two attached hydrogens (primary N) is 1. The van der Waals surface area contributed by atoms with Crippen LogP contribution < -0.4 is 16.4 Å². The van der Waals surface area contributed by atoms with Crippen molar-refractivity contribution in [1.82, 2.24) is 15.5 Å². The van der Waals surface area contributed by atoms with Gasteiger partial charge in [-0.3, -0.25) is 38.9 Å². The van der Waals surface area contributed by atoms with Crippen molar-refractivity contribution in [3.8, 4) is 0 Å². The normalized spacial score (nSPS) is 20.6. The molecule has 3 fully saturated rings. The van der Waals surface area contributed by atoms with Crippen molar-refractivity contribution in [3.05, 3.63) is 51.6 Å². The summed E-state index contributed by atoms with van der Waals surface area (Å²) in [5.41, 5.74) is 3.18. The van der Waals surface area contributed by atoms with Crippen molar-refractivity contribution in [2.45, 2.75) is 141 Å². The number of allylic oxidation sites excluding steroid dienone is 1. The number of ketones is 2. The maximum absolute atomic E-state index is 15.4. The van der Waals surface area contributed by atoms with Crippen LogP contribution in [-0.2, 0) is 33.5 Å². The summed E-state index contributed by atoms with van der Waals surface area (Å²) in [6.07, 6.45) is 8.17. The first-order valence-corrected chi connectivity index (χ1v) is 21.9. The van der Waals surface area contributed by atoms with Crippen molar-refractivity contribution in [2.75, 3.05) is 13.7 Å². The van der Waals surface area contributed by atoms with Crippen LogP contribution in [0.25, 0.3) is 0 Å². The maximum Gasteiger partial charge on any atom is 0.336 e. The van der Waals surface area contributed by atoms with E-state index in [-0.39, 0.29) is 48.9 Å².